The minimum absolute atomic E-state index is 0. The Kier molecular flexibility index (Phi) is 5.71. The van der Waals surface area contributed by atoms with Gasteiger partial charge in [-0.2, -0.15) is 0 Å². The minimum Gasteiger partial charge on any atom is -0.324 e. The van der Waals surface area contributed by atoms with Gasteiger partial charge in [-0.15, -0.1) is 23.7 Å². The Morgan fingerprint density at radius 2 is 2.06 bits per heavy atom. The van der Waals surface area contributed by atoms with E-state index in [9.17, 15) is 8.42 Å². The van der Waals surface area contributed by atoms with Crippen molar-refractivity contribution >= 4 is 45.4 Å². The van der Waals surface area contributed by atoms with Crippen LogP contribution in [-0.2, 0) is 10.0 Å². The fourth-order valence-corrected chi connectivity index (χ4v) is 3.54. The zero-order chi connectivity index (χ0) is 11.7. The lowest BCUT2D eigenvalue weighted by atomic mass is 10.1. The van der Waals surface area contributed by atoms with Crippen molar-refractivity contribution < 1.29 is 8.42 Å². The maximum atomic E-state index is 11.7. The number of rotatable bonds is 4. The number of nitrogens with two attached hydrogens (primary N) is 1. The van der Waals surface area contributed by atoms with E-state index in [2.05, 4.69) is 4.72 Å². The third-order valence-electron chi connectivity index (χ3n) is 1.53. The molecule has 0 atom stereocenters. The highest BCUT2D eigenvalue weighted by Crippen LogP contribution is 2.25. The van der Waals surface area contributed by atoms with E-state index in [1.54, 1.807) is 19.9 Å². The Labute approximate surface area is 111 Å². The van der Waals surface area contributed by atoms with E-state index in [-0.39, 0.29) is 23.2 Å². The van der Waals surface area contributed by atoms with Crippen molar-refractivity contribution in [1.82, 2.24) is 4.72 Å². The van der Waals surface area contributed by atoms with Gasteiger partial charge in [0.2, 0.25) is 10.0 Å². The van der Waals surface area contributed by atoms with E-state index in [1.165, 1.54) is 6.07 Å². The maximum Gasteiger partial charge on any atom is 0.250 e. The summed E-state index contributed by atoms with van der Waals surface area (Å²) >= 11 is 6.68. The second-order valence-electron chi connectivity index (χ2n) is 3.87. The highest BCUT2D eigenvalue weighted by molar-refractivity contribution is 7.91. The molecule has 0 aliphatic carbocycles. The van der Waals surface area contributed by atoms with Crippen molar-refractivity contribution in [3.05, 3.63) is 16.5 Å². The molecule has 1 aromatic heterocycles. The fraction of sp³-hybridized carbons (Fsp3) is 0.500. The normalized spacial score (nSPS) is 12.2. The van der Waals surface area contributed by atoms with E-state index in [0.717, 1.165) is 11.3 Å². The Morgan fingerprint density at radius 1 is 1.50 bits per heavy atom. The number of sulfonamides is 1. The lowest BCUT2D eigenvalue weighted by molar-refractivity contribution is 0.498. The van der Waals surface area contributed by atoms with Crippen LogP contribution in [0.1, 0.15) is 13.8 Å². The fourth-order valence-electron chi connectivity index (χ4n) is 0.794. The van der Waals surface area contributed by atoms with Crippen LogP contribution >= 0.6 is 35.3 Å². The molecule has 1 heterocycles. The first kappa shape index (κ1) is 16.1. The van der Waals surface area contributed by atoms with Crippen molar-refractivity contribution in [2.75, 3.05) is 6.54 Å². The zero-order valence-corrected chi connectivity index (χ0v) is 12.1. The zero-order valence-electron chi connectivity index (χ0n) is 8.86. The Balaban J connectivity index is 0.00000225. The van der Waals surface area contributed by atoms with Gasteiger partial charge >= 0.3 is 0 Å². The third kappa shape index (κ3) is 4.99. The van der Waals surface area contributed by atoms with Crippen LogP contribution in [0.5, 0.6) is 0 Å². The molecule has 8 heteroatoms. The summed E-state index contributed by atoms with van der Waals surface area (Å²) in [6.07, 6.45) is 0. The largest absolute Gasteiger partial charge is 0.324 e. The van der Waals surface area contributed by atoms with E-state index in [1.807, 2.05) is 0 Å². The van der Waals surface area contributed by atoms with Gasteiger partial charge in [-0.1, -0.05) is 11.6 Å². The molecule has 1 aromatic rings. The summed E-state index contributed by atoms with van der Waals surface area (Å²) in [5.41, 5.74) is 5.10. The maximum absolute atomic E-state index is 11.7. The first-order chi connectivity index (χ1) is 6.71. The second-order valence-corrected chi connectivity index (χ2v) is 7.58. The summed E-state index contributed by atoms with van der Waals surface area (Å²) < 4.78 is 26.4. The first-order valence-electron chi connectivity index (χ1n) is 4.25. The number of halogens is 2. The average Bonchev–Trinajstić information content (AvgIpc) is 2.48. The highest BCUT2D eigenvalue weighted by atomic mass is 35.5. The van der Waals surface area contributed by atoms with Gasteiger partial charge in [0.25, 0.3) is 0 Å². The Bertz CT molecular complexity index is 437. The number of thiophene rings is 1. The smallest absolute Gasteiger partial charge is 0.250 e. The molecule has 0 amide bonds. The topological polar surface area (TPSA) is 72.2 Å². The molecule has 0 spiro atoms. The van der Waals surface area contributed by atoms with Gasteiger partial charge in [0.05, 0.1) is 4.34 Å². The molecular weight excluding hydrogens is 291 g/mol. The van der Waals surface area contributed by atoms with Crippen molar-refractivity contribution in [3.8, 4) is 0 Å². The van der Waals surface area contributed by atoms with Crippen LogP contribution in [-0.4, -0.2) is 20.5 Å². The van der Waals surface area contributed by atoms with Gasteiger partial charge in [-0.05, 0) is 26.0 Å². The molecule has 94 valence electrons. The van der Waals surface area contributed by atoms with Gasteiger partial charge in [0.15, 0.2) is 0 Å². The van der Waals surface area contributed by atoms with E-state index in [4.69, 9.17) is 17.3 Å². The van der Waals surface area contributed by atoms with Crippen LogP contribution in [0.4, 0.5) is 0 Å². The van der Waals surface area contributed by atoms with Crippen LogP contribution in [0.3, 0.4) is 0 Å². The molecule has 0 saturated carbocycles. The molecule has 0 fully saturated rings. The van der Waals surface area contributed by atoms with Crippen molar-refractivity contribution in [2.45, 2.75) is 23.6 Å². The monoisotopic (exact) mass is 304 g/mol. The summed E-state index contributed by atoms with van der Waals surface area (Å²) in [6.45, 7) is 3.68. The van der Waals surface area contributed by atoms with Gasteiger partial charge < -0.3 is 5.73 Å². The van der Waals surface area contributed by atoms with Crippen LogP contribution in [0.15, 0.2) is 16.3 Å². The standard InChI is InChI=1S/C8H13ClN2O2S2.ClH/c1-8(2,10)5-11-15(12,13)7-4-3-6(9)14-7;/h3-4,11H,5,10H2,1-2H3;1H. The van der Waals surface area contributed by atoms with E-state index < -0.39 is 15.6 Å². The predicted molar refractivity (Wildman–Crippen MR) is 70.0 cm³/mol. The molecule has 0 radical (unpaired) electrons. The minimum atomic E-state index is -3.47. The molecule has 0 bridgehead atoms. The molecule has 0 aliphatic heterocycles. The summed E-state index contributed by atoms with van der Waals surface area (Å²) in [6, 6.07) is 3.02. The predicted octanol–water partition coefficient (Wildman–Crippen LogP) is 1.84. The van der Waals surface area contributed by atoms with Gasteiger partial charge in [0, 0.05) is 12.1 Å². The molecule has 0 unspecified atom stereocenters. The molecule has 16 heavy (non-hydrogen) atoms. The molecule has 0 aliphatic rings. The molecule has 0 saturated heterocycles. The van der Waals surface area contributed by atoms with Crippen molar-refractivity contribution in [2.24, 2.45) is 5.73 Å². The quantitative estimate of drug-likeness (QED) is 0.891. The molecule has 3 N–H and O–H groups in total. The number of nitrogens with one attached hydrogen (secondary N) is 1. The lowest BCUT2D eigenvalue weighted by Crippen LogP contribution is -2.44. The molecular formula is C8H14Cl2N2O2S2. The van der Waals surface area contributed by atoms with Gasteiger partial charge in [-0.25, -0.2) is 13.1 Å². The summed E-state index contributed by atoms with van der Waals surface area (Å²) in [7, 11) is -3.47. The SMILES string of the molecule is CC(C)(N)CNS(=O)(=O)c1ccc(Cl)s1.Cl. The van der Waals surface area contributed by atoms with Crippen LogP contribution < -0.4 is 10.5 Å². The average molecular weight is 305 g/mol. The first-order valence-corrected chi connectivity index (χ1v) is 6.92. The summed E-state index contributed by atoms with van der Waals surface area (Å²) in [4.78, 5) is 0. The van der Waals surface area contributed by atoms with Gasteiger partial charge in [-0.3, -0.25) is 0 Å². The van der Waals surface area contributed by atoms with Crippen molar-refractivity contribution in [1.29, 1.82) is 0 Å². The third-order valence-corrected chi connectivity index (χ3v) is 4.66. The number of hydrogen-bond donors (Lipinski definition) is 2. The highest BCUT2D eigenvalue weighted by Gasteiger charge is 2.20. The van der Waals surface area contributed by atoms with Crippen LogP contribution in [0, 0.1) is 0 Å². The summed E-state index contributed by atoms with van der Waals surface area (Å²) in [5, 5.41) is 0. The summed E-state index contributed by atoms with van der Waals surface area (Å²) in [5.74, 6) is 0. The molecule has 0 aromatic carbocycles. The van der Waals surface area contributed by atoms with E-state index >= 15 is 0 Å². The van der Waals surface area contributed by atoms with E-state index in [0.29, 0.717) is 4.34 Å². The molecule has 4 nitrogen and oxygen atoms in total. The lowest BCUT2D eigenvalue weighted by Gasteiger charge is -2.18. The van der Waals surface area contributed by atoms with Crippen molar-refractivity contribution in [3.63, 3.8) is 0 Å². The molecule has 1 rings (SSSR count). The van der Waals surface area contributed by atoms with Crippen LogP contribution in [0.25, 0.3) is 0 Å². The number of hydrogen-bond acceptors (Lipinski definition) is 4. The Morgan fingerprint density at radius 3 is 2.44 bits per heavy atom. The van der Waals surface area contributed by atoms with Crippen LogP contribution in [0.2, 0.25) is 4.34 Å². The second kappa shape index (κ2) is 5.66. The van der Waals surface area contributed by atoms with Gasteiger partial charge in [0.1, 0.15) is 4.21 Å². The Hall–Kier alpha value is 0.150.